The van der Waals surface area contributed by atoms with Crippen molar-refractivity contribution < 1.29 is 13.3 Å². The Morgan fingerprint density at radius 2 is 1.95 bits per heavy atom. The Hall–Kier alpha value is -0.460. The van der Waals surface area contributed by atoms with Gasteiger partial charge in [0.2, 0.25) is 0 Å². The minimum Gasteiger partial charge on any atom is -0.591 e. The Morgan fingerprint density at radius 3 is 2.45 bits per heavy atom. The van der Waals surface area contributed by atoms with E-state index in [1.54, 1.807) is 20.8 Å². The Labute approximate surface area is 129 Å². The number of nitrogens with zero attached hydrogens (tertiary/aromatic N) is 1. The van der Waals surface area contributed by atoms with Crippen LogP contribution in [0.5, 0.6) is 0 Å². The van der Waals surface area contributed by atoms with E-state index < -0.39 is 27.7 Å². The molecule has 0 radical (unpaired) electrons. The van der Waals surface area contributed by atoms with Gasteiger partial charge in [0.25, 0.3) is 0 Å². The summed E-state index contributed by atoms with van der Waals surface area (Å²) in [4.78, 5) is 0. The van der Waals surface area contributed by atoms with Crippen LogP contribution in [-0.2, 0) is 11.4 Å². The van der Waals surface area contributed by atoms with Crippen LogP contribution in [-0.4, -0.2) is 15.5 Å². The molecule has 6 heteroatoms. The van der Waals surface area contributed by atoms with Gasteiger partial charge in [-0.15, -0.1) is 0 Å². The highest BCUT2D eigenvalue weighted by Gasteiger charge is 2.30. The number of halogens is 3. The summed E-state index contributed by atoms with van der Waals surface area (Å²) in [5, 5.41) is 0. The Bertz CT molecular complexity index is 553. The fourth-order valence-corrected chi connectivity index (χ4v) is 2.68. The highest BCUT2D eigenvalue weighted by atomic mass is 79.9. The van der Waals surface area contributed by atoms with Gasteiger partial charge in [-0.2, -0.15) is 0 Å². The summed E-state index contributed by atoms with van der Waals surface area (Å²) in [6, 6.07) is 1.49. The van der Waals surface area contributed by atoms with Gasteiger partial charge >= 0.3 is 0 Å². The molecule has 1 aromatic carbocycles. The molecule has 0 amide bonds. The van der Waals surface area contributed by atoms with Crippen LogP contribution in [0.1, 0.15) is 50.7 Å². The predicted octanol–water partition coefficient (Wildman–Crippen LogP) is 4.49. The van der Waals surface area contributed by atoms with Gasteiger partial charge in [-0.1, -0.05) is 4.40 Å². The topological polar surface area (TPSA) is 35.4 Å². The molecule has 1 aliphatic carbocycles. The summed E-state index contributed by atoms with van der Waals surface area (Å²) in [5.74, 6) is -1.14. The van der Waals surface area contributed by atoms with Crippen molar-refractivity contribution in [3.63, 3.8) is 0 Å². The molecule has 1 fully saturated rings. The maximum atomic E-state index is 14.3. The minimum absolute atomic E-state index is 0.159. The van der Waals surface area contributed by atoms with Gasteiger partial charge in [0.05, 0.1) is 16.3 Å². The molecule has 1 aliphatic rings. The number of hydrogen-bond acceptors (Lipinski definition) is 2. The molecule has 20 heavy (non-hydrogen) atoms. The molecule has 0 saturated heterocycles. The van der Waals surface area contributed by atoms with E-state index >= 15 is 0 Å². The maximum Gasteiger partial charge on any atom is 0.149 e. The molecule has 0 aliphatic heterocycles. The fraction of sp³-hybridized carbons (Fsp3) is 0.500. The molecular weight excluding hydrogens is 348 g/mol. The van der Waals surface area contributed by atoms with Gasteiger partial charge in [-0.05, 0) is 67.1 Å². The highest BCUT2D eigenvalue weighted by molar-refractivity contribution is 9.10. The van der Waals surface area contributed by atoms with E-state index in [-0.39, 0.29) is 16.0 Å². The fourth-order valence-electron chi connectivity index (χ4n) is 1.71. The van der Waals surface area contributed by atoms with Crippen molar-refractivity contribution in [3.05, 3.63) is 33.3 Å². The highest BCUT2D eigenvalue weighted by Crippen LogP contribution is 2.43. The normalized spacial score (nSPS) is 17.8. The summed E-state index contributed by atoms with van der Waals surface area (Å²) in [6.07, 6.45) is 2.88. The number of rotatable bonds is 3. The molecule has 0 N–H and O–H groups in total. The molecule has 1 saturated carbocycles. The average molecular weight is 364 g/mol. The van der Waals surface area contributed by atoms with E-state index in [1.165, 1.54) is 6.07 Å². The summed E-state index contributed by atoms with van der Waals surface area (Å²) >= 11 is 1.55. The third-order valence-electron chi connectivity index (χ3n) is 3.04. The van der Waals surface area contributed by atoms with Gasteiger partial charge < -0.3 is 4.55 Å². The van der Waals surface area contributed by atoms with Crippen LogP contribution < -0.4 is 0 Å². The Morgan fingerprint density at radius 1 is 1.35 bits per heavy atom. The third-order valence-corrected chi connectivity index (χ3v) is 4.96. The first-order valence-electron chi connectivity index (χ1n) is 6.35. The summed E-state index contributed by atoms with van der Waals surface area (Å²) < 4.78 is 43.6. The van der Waals surface area contributed by atoms with Crippen molar-refractivity contribution in [1.82, 2.24) is 0 Å². The molecule has 0 unspecified atom stereocenters. The lowest BCUT2D eigenvalue weighted by atomic mass is 10.1. The first-order valence-corrected chi connectivity index (χ1v) is 8.25. The van der Waals surface area contributed by atoms with E-state index in [9.17, 15) is 13.3 Å². The SMILES string of the molecule is CC(C)(C)[S@@+]([O-])N=Cc1c(F)c(Br)cc(C2CC2)c1F. The van der Waals surface area contributed by atoms with Crippen LogP contribution in [0.15, 0.2) is 14.9 Å². The van der Waals surface area contributed by atoms with Crippen LogP contribution in [0.4, 0.5) is 8.78 Å². The smallest absolute Gasteiger partial charge is 0.149 e. The molecular formula is C14H16BrF2NOS. The molecule has 0 heterocycles. The Kier molecular flexibility index (Phi) is 4.56. The van der Waals surface area contributed by atoms with Gasteiger partial charge in [0, 0.05) is 0 Å². The largest absolute Gasteiger partial charge is 0.591 e. The third kappa shape index (κ3) is 3.40. The van der Waals surface area contributed by atoms with Crippen LogP contribution in [0, 0.1) is 11.6 Å². The second-order valence-electron chi connectivity index (χ2n) is 5.86. The molecule has 2 rings (SSSR count). The molecule has 0 bridgehead atoms. The van der Waals surface area contributed by atoms with E-state index in [1.807, 2.05) is 0 Å². The first kappa shape index (κ1) is 15.9. The molecule has 2 nitrogen and oxygen atoms in total. The van der Waals surface area contributed by atoms with Crippen molar-refractivity contribution in [2.75, 3.05) is 0 Å². The van der Waals surface area contributed by atoms with Crippen molar-refractivity contribution in [1.29, 1.82) is 0 Å². The molecule has 110 valence electrons. The standard InChI is InChI=1S/C14H16BrF2NOS/c1-14(2,3)20(19)18-7-10-12(16)9(8-4-5-8)6-11(15)13(10)17/h6-8H,4-5H2,1-3H3/t20-/m1/s1. The van der Waals surface area contributed by atoms with Crippen molar-refractivity contribution in [3.8, 4) is 0 Å². The predicted molar refractivity (Wildman–Crippen MR) is 81.5 cm³/mol. The lowest BCUT2D eigenvalue weighted by Crippen LogP contribution is -2.26. The first-order chi connectivity index (χ1) is 9.21. The quantitative estimate of drug-likeness (QED) is 0.442. The second kappa shape index (κ2) is 5.73. The van der Waals surface area contributed by atoms with Gasteiger partial charge in [-0.3, -0.25) is 0 Å². The van der Waals surface area contributed by atoms with Crippen LogP contribution in [0.3, 0.4) is 0 Å². The average Bonchev–Trinajstić information content (AvgIpc) is 3.16. The van der Waals surface area contributed by atoms with E-state index in [0.29, 0.717) is 5.56 Å². The Balaban J connectivity index is 2.38. The van der Waals surface area contributed by atoms with E-state index in [4.69, 9.17) is 0 Å². The van der Waals surface area contributed by atoms with Gasteiger partial charge in [0.15, 0.2) is 0 Å². The van der Waals surface area contributed by atoms with Crippen molar-refractivity contribution in [2.45, 2.75) is 44.3 Å². The molecule has 1 aromatic rings. The monoisotopic (exact) mass is 363 g/mol. The minimum atomic E-state index is -1.54. The molecule has 1 atom stereocenters. The maximum absolute atomic E-state index is 14.3. The second-order valence-corrected chi connectivity index (χ2v) is 8.65. The lowest BCUT2D eigenvalue weighted by Gasteiger charge is -2.17. The summed E-state index contributed by atoms with van der Waals surface area (Å²) in [6.45, 7) is 5.26. The number of hydrogen-bond donors (Lipinski definition) is 0. The molecule has 0 spiro atoms. The van der Waals surface area contributed by atoms with E-state index in [2.05, 4.69) is 20.3 Å². The lowest BCUT2D eigenvalue weighted by molar-refractivity contribution is 0.560. The van der Waals surface area contributed by atoms with Crippen LogP contribution >= 0.6 is 15.9 Å². The van der Waals surface area contributed by atoms with Gasteiger partial charge in [0.1, 0.15) is 27.7 Å². The van der Waals surface area contributed by atoms with Gasteiger partial charge in [-0.25, -0.2) is 8.78 Å². The van der Waals surface area contributed by atoms with Crippen molar-refractivity contribution >= 4 is 33.5 Å². The summed E-state index contributed by atoms with van der Waals surface area (Å²) in [5.41, 5.74) is 0.278. The summed E-state index contributed by atoms with van der Waals surface area (Å²) in [7, 11) is 0. The zero-order valence-electron chi connectivity index (χ0n) is 11.5. The number of benzene rings is 1. The zero-order valence-corrected chi connectivity index (χ0v) is 13.9. The molecule has 0 aromatic heterocycles. The zero-order chi connectivity index (χ0) is 15.1. The van der Waals surface area contributed by atoms with Crippen molar-refractivity contribution in [2.24, 2.45) is 4.40 Å². The van der Waals surface area contributed by atoms with E-state index in [0.717, 1.165) is 19.1 Å². The van der Waals surface area contributed by atoms with Crippen LogP contribution in [0.25, 0.3) is 0 Å². The van der Waals surface area contributed by atoms with Crippen LogP contribution in [0.2, 0.25) is 0 Å².